The predicted octanol–water partition coefficient (Wildman–Crippen LogP) is 1.95. The number of hydrogen-bond donors (Lipinski definition) is 0. The van der Waals surface area contributed by atoms with Crippen molar-refractivity contribution in [2.45, 2.75) is 43.1 Å². The Hall–Kier alpha value is 0.350. The molecule has 2 saturated heterocycles. The highest BCUT2D eigenvalue weighted by atomic mass is 32.2. The van der Waals surface area contributed by atoms with Crippen molar-refractivity contribution in [3.8, 4) is 0 Å². The van der Waals surface area contributed by atoms with Crippen LogP contribution in [0.5, 0.6) is 0 Å². The van der Waals surface area contributed by atoms with E-state index in [0.29, 0.717) is 0 Å². The average molecular weight is 143 g/mol. The topological polar surface area (TPSA) is 0 Å². The van der Waals surface area contributed by atoms with Crippen LogP contribution in [0.2, 0.25) is 0 Å². The lowest BCUT2D eigenvalue weighted by atomic mass is 10.1. The molecular formula is C8H15S+. The molecule has 2 aliphatic rings. The number of fused-ring (bicyclic) bond motifs is 1. The summed E-state index contributed by atoms with van der Waals surface area (Å²) in [5.74, 6) is 1.58. The lowest BCUT2D eigenvalue weighted by molar-refractivity contribution is 0.697. The molecule has 2 rings (SSSR count). The Bertz CT molecular complexity index is 111. The highest BCUT2D eigenvalue weighted by Gasteiger charge is 2.45. The van der Waals surface area contributed by atoms with Crippen molar-refractivity contribution >= 4 is 10.9 Å². The molecule has 0 aromatic rings. The molecule has 0 N–H and O–H groups in total. The predicted molar refractivity (Wildman–Crippen MR) is 44.0 cm³/mol. The van der Waals surface area contributed by atoms with Gasteiger partial charge in [-0.05, 0) is 43.5 Å². The van der Waals surface area contributed by atoms with Crippen LogP contribution < -0.4 is 0 Å². The zero-order valence-electron chi connectivity index (χ0n) is 6.10. The summed E-state index contributed by atoms with van der Waals surface area (Å²) in [6, 6.07) is 0. The van der Waals surface area contributed by atoms with Gasteiger partial charge < -0.3 is 0 Å². The molecule has 2 heterocycles. The maximum atomic E-state index is 2.45. The third kappa shape index (κ3) is 0.899. The van der Waals surface area contributed by atoms with E-state index in [9.17, 15) is 0 Å². The second kappa shape index (κ2) is 2.19. The molecule has 0 amide bonds. The second-order valence-electron chi connectivity index (χ2n) is 3.33. The maximum absolute atomic E-state index is 2.45. The molecule has 1 heteroatoms. The molecule has 0 nitrogen and oxygen atoms in total. The highest BCUT2D eigenvalue weighted by molar-refractivity contribution is 7.98. The van der Waals surface area contributed by atoms with Crippen LogP contribution in [0.25, 0.3) is 0 Å². The molecule has 9 heavy (non-hydrogen) atoms. The van der Waals surface area contributed by atoms with Crippen molar-refractivity contribution < 1.29 is 0 Å². The maximum Gasteiger partial charge on any atom is 0.118 e. The van der Waals surface area contributed by atoms with Crippen LogP contribution in [0.3, 0.4) is 0 Å². The van der Waals surface area contributed by atoms with Gasteiger partial charge in [-0.25, -0.2) is 0 Å². The van der Waals surface area contributed by atoms with Crippen LogP contribution in [-0.4, -0.2) is 16.3 Å². The van der Waals surface area contributed by atoms with Gasteiger partial charge in [-0.3, -0.25) is 0 Å². The van der Waals surface area contributed by atoms with Gasteiger partial charge in [0.2, 0.25) is 0 Å². The fraction of sp³-hybridized carbons (Fsp3) is 1.00. The second-order valence-corrected chi connectivity index (χ2v) is 6.14. The molecule has 0 aromatic carbocycles. The molecule has 3 atom stereocenters. The Morgan fingerprint density at radius 3 is 2.89 bits per heavy atom. The van der Waals surface area contributed by atoms with Gasteiger partial charge in [0.25, 0.3) is 0 Å². The van der Waals surface area contributed by atoms with Crippen molar-refractivity contribution in [2.75, 3.05) is 5.75 Å². The summed E-state index contributed by atoms with van der Waals surface area (Å²) in [5, 5.41) is 2.28. The van der Waals surface area contributed by atoms with E-state index in [2.05, 4.69) is 6.92 Å². The third-order valence-corrected chi connectivity index (χ3v) is 6.10. The van der Waals surface area contributed by atoms with Crippen LogP contribution in [0.4, 0.5) is 0 Å². The van der Waals surface area contributed by atoms with Gasteiger partial charge in [-0.15, -0.1) is 0 Å². The Balaban J connectivity index is 2.07. The lowest BCUT2D eigenvalue weighted by Crippen LogP contribution is -2.16. The van der Waals surface area contributed by atoms with E-state index < -0.39 is 0 Å². The Labute approximate surface area is 60.4 Å². The van der Waals surface area contributed by atoms with Crippen LogP contribution in [0.15, 0.2) is 0 Å². The minimum Gasteiger partial charge on any atom is -0.0169 e. The van der Waals surface area contributed by atoms with E-state index in [-0.39, 0.29) is 0 Å². The highest BCUT2D eigenvalue weighted by Crippen LogP contribution is 2.37. The fourth-order valence-corrected chi connectivity index (χ4v) is 5.43. The standard InChI is InChI=1S/C8H15S/c1-7-4-5-8-3-2-6-9(7)8/h7-8H,2-6H2,1H3/q+1/t7-,8-,9?/m1/s1. The molecule has 0 spiro atoms. The van der Waals surface area contributed by atoms with Crippen molar-refractivity contribution in [1.29, 1.82) is 0 Å². The lowest BCUT2D eigenvalue weighted by Gasteiger charge is -2.02. The van der Waals surface area contributed by atoms with Crippen molar-refractivity contribution in [1.82, 2.24) is 0 Å². The van der Waals surface area contributed by atoms with E-state index in [1.165, 1.54) is 18.1 Å². The average Bonchev–Trinajstić information content (AvgIpc) is 2.35. The molecule has 0 aliphatic carbocycles. The van der Waals surface area contributed by atoms with Gasteiger partial charge in [0.1, 0.15) is 16.3 Å². The minimum atomic E-state index is 0.887. The van der Waals surface area contributed by atoms with Gasteiger partial charge in [0.15, 0.2) is 0 Å². The molecule has 52 valence electrons. The summed E-state index contributed by atoms with van der Waals surface area (Å²) in [4.78, 5) is 0. The largest absolute Gasteiger partial charge is 0.118 e. The van der Waals surface area contributed by atoms with Crippen LogP contribution in [-0.2, 0) is 10.9 Å². The Kier molecular flexibility index (Phi) is 1.48. The molecular weight excluding hydrogens is 128 g/mol. The van der Waals surface area contributed by atoms with Gasteiger partial charge in [0.05, 0.1) is 0 Å². The molecule has 2 fully saturated rings. The Morgan fingerprint density at radius 1 is 1.22 bits per heavy atom. The van der Waals surface area contributed by atoms with E-state index >= 15 is 0 Å². The first kappa shape index (κ1) is 6.09. The van der Waals surface area contributed by atoms with Gasteiger partial charge in [0, 0.05) is 0 Å². The summed E-state index contributed by atoms with van der Waals surface area (Å²) in [7, 11) is 0.887. The molecule has 0 radical (unpaired) electrons. The summed E-state index contributed by atoms with van der Waals surface area (Å²) in [5.41, 5.74) is 0. The molecule has 1 unspecified atom stereocenters. The quantitative estimate of drug-likeness (QED) is 0.455. The van der Waals surface area contributed by atoms with Crippen LogP contribution in [0.1, 0.15) is 32.6 Å². The van der Waals surface area contributed by atoms with Gasteiger partial charge >= 0.3 is 0 Å². The normalized spacial score (nSPS) is 49.7. The van der Waals surface area contributed by atoms with E-state index in [1.807, 2.05) is 0 Å². The van der Waals surface area contributed by atoms with Gasteiger partial charge in [-0.1, -0.05) is 0 Å². The molecule has 2 aliphatic heterocycles. The summed E-state index contributed by atoms with van der Waals surface area (Å²) < 4.78 is 0. The van der Waals surface area contributed by atoms with Crippen LogP contribution in [0, 0.1) is 0 Å². The van der Waals surface area contributed by atoms with Gasteiger partial charge in [-0.2, -0.15) is 0 Å². The van der Waals surface area contributed by atoms with Crippen LogP contribution >= 0.6 is 0 Å². The minimum absolute atomic E-state index is 0.887. The summed E-state index contributed by atoms with van der Waals surface area (Å²) in [6.07, 6.45) is 6.20. The molecule has 0 aromatic heterocycles. The first-order valence-corrected chi connectivity index (χ1v) is 5.58. The first-order valence-electron chi connectivity index (χ1n) is 4.06. The van der Waals surface area contributed by atoms with Crippen molar-refractivity contribution in [3.63, 3.8) is 0 Å². The van der Waals surface area contributed by atoms with Crippen molar-refractivity contribution in [2.24, 2.45) is 0 Å². The summed E-state index contributed by atoms with van der Waals surface area (Å²) >= 11 is 0. The van der Waals surface area contributed by atoms with E-state index in [1.54, 1.807) is 18.6 Å². The number of rotatable bonds is 0. The smallest absolute Gasteiger partial charge is 0.0169 e. The van der Waals surface area contributed by atoms with E-state index in [0.717, 1.165) is 16.1 Å². The first-order chi connectivity index (χ1) is 4.38. The van der Waals surface area contributed by atoms with Crippen molar-refractivity contribution in [3.05, 3.63) is 0 Å². The fourth-order valence-electron chi connectivity index (χ4n) is 2.19. The zero-order chi connectivity index (χ0) is 6.27. The monoisotopic (exact) mass is 143 g/mol. The zero-order valence-corrected chi connectivity index (χ0v) is 6.91. The molecule has 0 bridgehead atoms. The molecule has 0 saturated carbocycles. The Morgan fingerprint density at radius 2 is 2.11 bits per heavy atom. The third-order valence-electron chi connectivity index (χ3n) is 2.75. The number of hydrogen-bond acceptors (Lipinski definition) is 0. The summed E-state index contributed by atoms with van der Waals surface area (Å²) in [6.45, 7) is 2.45. The van der Waals surface area contributed by atoms with E-state index in [4.69, 9.17) is 0 Å². The SMILES string of the molecule is C[C@@H]1CC[C@H]2CCC[S+]21.